The van der Waals surface area contributed by atoms with E-state index >= 15 is 0 Å². The van der Waals surface area contributed by atoms with Crippen LogP contribution in [0.2, 0.25) is 0 Å². The first kappa shape index (κ1) is 17.6. The van der Waals surface area contributed by atoms with Crippen molar-refractivity contribution in [3.05, 3.63) is 46.5 Å². The fraction of sp³-hybridized carbons (Fsp3) is 0.421. The van der Waals surface area contributed by atoms with Crippen molar-refractivity contribution in [3.8, 4) is 0 Å². The fourth-order valence-electron chi connectivity index (χ4n) is 3.18. The molecular weight excluding hydrogens is 334 g/mol. The Morgan fingerprint density at radius 1 is 1.32 bits per heavy atom. The Kier molecular flexibility index (Phi) is 5.48. The predicted octanol–water partition coefficient (Wildman–Crippen LogP) is 3.62. The molecule has 0 unspecified atom stereocenters. The Bertz CT molecular complexity index is 757. The zero-order valence-corrected chi connectivity index (χ0v) is 15.4. The van der Waals surface area contributed by atoms with Crippen LogP contribution in [0.25, 0.3) is 0 Å². The third-order valence-electron chi connectivity index (χ3n) is 4.46. The molecule has 1 aromatic heterocycles. The maximum absolute atomic E-state index is 12.9. The summed E-state index contributed by atoms with van der Waals surface area (Å²) >= 11 is 1.39. The monoisotopic (exact) mass is 357 g/mol. The van der Waals surface area contributed by atoms with Crippen LogP contribution in [0.3, 0.4) is 0 Å². The Morgan fingerprint density at radius 2 is 2.08 bits per heavy atom. The number of nitrogens with zero attached hydrogens (tertiary/aromatic N) is 2. The number of carbonyl (C=O) groups excluding carboxylic acids is 2. The number of Topliss-reactive ketones (excluding diaryl/α,β-unsaturated/α-hetero) is 1. The number of likely N-dealkylation sites (tertiary alicyclic amines) is 1. The number of aryl methyl sites for hydroxylation is 1. The number of thiazole rings is 1. The summed E-state index contributed by atoms with van der Waals surface area (Å²) in [6.07, 6.45) is 1.69. The highest BCUT2D eigenvalue weighted by Gasteiger charge is 2.31. The molecule has 6 heteroatoms. The third kappa shape index (κ3) is 3.90. The van der Waals surface area contributed by atoms with Crippen molar-refractivity contribution in [2.24, 2.45) is 5.92 Å². The number of carbonyl (C=O) groups is 2. The lowest BCUT2D eigenvalue weighted by Crippen LogP contribution is -2.42. The minimum absolute atomic E-state index is 0.00952. The highest BCUT2D eigenvalue weighted by Crippen LogP contribution is 2.27. The molecule has 3 rings (SSSR count). The minimum atomic E-state index is -0.124. The molecule has 1 atom stereocenters. The Labute approximate surface area is 152 Å². The lowest BCUT2D eigenvalue weighted by Gasteiger charge is -2.31. The maximum Gasteiger partial charge on any atom is 0.265 e. The second-order valence-electron chi connectivity index (χ2n) is 6.28. The second-order valence-corrected chi connectivity index (χ2v) is 7.28. The van der Waals surface area contributed by atoms with Gasteiger partial charge < -0.3 is 10.2 Å². The summed E-state index contributed by atoms with van der Waals surface area (Å²) in [5.74, 6) is -0.00116. The average Bonchev–Trinajstić information content (AvgIpc) is 3.02. The van der Waals surface area contributed by atoms with Crippen molar-refractivity contribution in [1.82, 2.24) is 9.88 Å². The summed E-state index contributed by atoms with van der Waals surface area (Å²) in [7, 11) is 0. The summed E-state index contributed by atoms with van der Waals surface area (Å²) in [5.41, 5.74) is 1.48. The van der Waals surface area contributed by atoms with Gasteiger partial charge in [0.05, 0.1) is 5.69 Å². The van der Waals surface area contributed by atoms with E-state index in [2.05, 4.69) is 10.3 Å². The molecule has 132 valence electrons. The normalized spacial score (nSPS) is 17.4. The maximum atomic E-state index is 12.9. The second kappa shape index (κ2) is 7.78. The van der Waals surface area contributed by atoms with Crippen LogP contribution in [0, 0.1) is 12.8 Å². The van der Waals surface area contributed by atoms with E-state index in [0.29, 0.717) is 18.0 Å². The molecule has 0 aliphatic carbocycles. The smallest absolute Gasteiger partial charge is 0.265 e. The zero-order chi connectivity index (χ0) is 17.8. The molecule has 1 N–H and O–H groups in total. The van der Waals surface area contributed by atoms with Gasteiger partial charge in [-0.05, 0) is 26.7 Å². The molecule has 2 aromatic rings. The molecule has 0 saturated carbocycles. The molecule has 1 fully saturated rings. The molecule has 0 spiro atoms. The van der Waals surface area contributed by atoms with E-state index in [0.717, 1.165) is 35.8 Å². The van der Waals surface area contributed by atoms with E-state index in [-0.39, 0.29) is 17.6 Å². The van der Waals surface area contributed by atoms with Crippen LogP contribution in [0.4, 0.5) is 5.13 Å². The first-order valence-corrected chi connectivity index (χ1v) is 9.51. The van der Waals surface area contributed by atoms with Gasteiger partial charge in [0, 0.05) is 31.1 Å². The van der Waals surface area contributed by atoms with Gasteiger partial charge >= 0.3 is 0 Å². The number of benzene rings is 1. The van der Waals surface area contributed by atoms with E-state index < -0.39 is 0 Å². The van der Waals surface area contributed by atoms with Gasteiger partial charge in [-0.25, -0.2) is 4.98 Å². The standard InChI is InChI=1S/C19H23N3O2S/c1-3-20-19-21-13(2)17(25-19)18(24)22-11-7-10-15(12-22)16(23)14-8-5-4-6-9-14/h4-6,8-9,15H,3,7,10-12H2,1-2H3,(H,20,21)/t15-/m1/s1. The molecule has 0 bridgehead atoms. The summed E-state index contributed by atoms with van der Waals surface area (Å²) < 4.78 is 0. The van der Waals surface area contributed by atoms with Crippen LogP contribution < -0.4 is 5.32 Å². The molecular formula is C19H23N3O2S. The van der Waals surface area contributed by atoms with Crippen molar-refractivity contribution in [2.45, 2.75) is 26.7 Å². The van der Waals surface area contributed by atoms with Crippen molar-refractivity contribution in [3.63, 3.8) is 0 Å². The number of aromatic nitrogens is 1. The summed E-state index contributed by atoms with van der Waals surface area (Å²) in [5, 5.41) is 3.93. The number of hydrogen-bond acceptors (Lipinski definition) is 5. The van der Waals surface area contributed by atoms with E-state index in [1.165, 1.54) is 11.3 Å². The van der Waals surface area contributed by atoms with Gasteiger partial charge in [0.1, 0.15) is 4.88 Å². The molecule has 1 aromatic carbocycles. The largest absolute Gasteiger partial charge is 0.362 e. The van der Waals surface area contributed by atoms with Crippen molar-refractivity contribution >= 4 is 28.2 Å². The van der Waals surface area contributed by atoms with Gasteiger partial charge in [-0.15, -0.1) is 0 Å². The Hall–Kier alpha value is -2.21. The Morgan fingerprint density at radius 3 is 2.80 bits per heavy atom. The number of rotatable bonds is 5. The predicted molar refractivity (Wildman–Crippen MR) is 100 cm³/mol. The molecule has 0 radical (unpaired) electrons. The molecule has 25 heavy (non-hydrogen) atoms. The van der Waals surface area contributed by atoms with Gasteiger partial charge in [-0.2, -0.15) is 0 Å². The van der Waals surface area contributed by atoms with E-state index in [1.54, 1.807) is 0 Å². The molecule has 1 aliphatic rings. The molecule has 1 aliphatic heterocycles. The first-order valence-electron chi connectivity index (χ1n) is 8.70. The molecule has 2 heterocycles. The average molecular weight is 357 g/mol. The number of piperidine rings is 1. The SMILES string of the molecule is CCNc1nc(C)c(C(=O)N2CCC[C@@H](C(=O)c3ccccc3)C2)s1. The zero-order valence-electron chi connectivity index (χ0n) is 14.6. The van der Waals surface area contributed by atoms with Crippen LogP contribution in [-0.4, -0.2) is 41.2 Å². The van der Waals surface area contributed by atoms with Crippen LogP contribution in [0.5, 0.6) is 0 Å². The van der Waals surface area contributed by atoms with Crippen LogP contribution >= 0.6 is 11.3 Å². The van der Waals surface area contributed by atoms with Crippen molar-refractivity contribution in [1.29, 1.82) is 0 Å². The van der Waals surface area contributed by atoms with E-state index in [4.69, 9.17) is 0 Å². The van der Waals surface area contributed by atoms with Crippen molar-refractivity contribution in [2.75, 3.05) is 25.0 Å². The first-order chi connectivity index (χ1) is 12.1. The number of anilines is 1. The number of amides is 1. The van der Waals surface area contributed by atoms with Gasteiger partial charge in [-0.1, -0.05) is 41.7 Å². The molecule has 1 saturated heterocycles. The van der Waals surface area contributed by atoms with Crippen molar-refractivity contribution < 1.29 is 9.59 Å². The van der Waals surface area contributed by atoms with Crippen LogP contribution in [0.15, 0.2) is 30.3 Å². The lowest BCUT2D eigenvalue weighted by atomic mass is 9.90. The van der Waals surface area contributed by atoms with Gasteiger partial charge in [0.25, 0.3) is 5.91 Å². The number of hydrogen-bond donors (Lipinski definition) is 1. The highest BCUT2D eigenvalue weighted by atomic mass is 32.1. The third-order valence-corrected chi connectivity index (χ3v) is 5.56. The Balaban J connectivity index is 1.73. The topological polar surface area (TPSA) is 62.3 Å². The van der Waals surface area contributed by atoms with Crippen LogP contribution in [0.1, 0.15) is 45.5 Å². The highest BCUT2D eigenvalue weighted by molar-refractivity contribution is 7.17. The van der Waals surface area contributed by atoms with Gasteiger partial charge in [0.15, 0.2) is 10.9 Å². The summed E-state index contributed by atoms with van der Waals surface area (Å²) in [4.78, 5) is 32.5. The van der Waals surface area contributed by atoms with E-state index in [1.807, 2.05) is 49.1 Å². The number of nitrogens with one attached hydrogen (secondary N) is 1. The van der Waals surface area contributed by atoms with E-state index in [9.17, 15) is 9.59 Å². The van der Waals surface area contributed by atoms with Gasteiger partial charge in [0.2, 0.25) is 0 Å². The lowest BCUT2D eigenvalue weighted by molar-refractivity contribution is 0.0640. The summed E-state index contributed by atoms with van der Waals surface area (Å²) in [6.45, 7) is 5.83. The minimum Gasteiger partial charge on any atom is -0.362 e. The molecule has 1 amide bonds. The van der Waals surface area contributed by atoms with Gasteiger partial charge in [-0.3, -0.25) is 9.59 Å². The molecule has 5 nitrogen and oxygen atoms in total. The fourth-order valence-corrected chi connectivity index (χ4v) is 4.18. The quantitative estimate of drug-likeness (QED) is 0.830. The summed E-state index contributed by atoms with van der Waals surface area (Å²) in [6, 6.07) is 9.35. The number of ketones is 1. The van der Waals surface area contributed by atoms with Crippen LogP contribution in [-0.2, 0) is 0 Å².